The molecule has 1 saturated heterocycles. The number of nitrogens with one attached hydrogen (secondary N) is 1. The van der Waals surface area contributed by atoms with E-state index in [4.69, 9.17) is 0 Å². The van der Waals surface area contributed by atoms with Crippen LogP contribution in [0.4, 0.5) is 0 Å². The Labute approximate surface area is 72.2 Å². The van der Waals surface area contributed by atoms with Crippen LogP contribution in [0.1, 0.15) is 12.2 Å². The Balaban J connectivity index is 1.94. The first kappa shape index (κ1) is 7.68. The minimum Gasteiger partial charge on any atom is -0.316 e. The molecule has 1 aliphatic heterocycles. The van der Waals surface area contributed by atoms with E-state index >= 15 is 0 Å². The van der Waals surface area contributed by atoms with Gasteiger partial charge in [-0.3, -0.25) is 0 Å². The lowest BCUT2D eigenvalue weighted by Crippen LogP contribution is -2.11. The Bertz CT molecular complexity index is 229. The highest BCUT2D eigenvalue weighted by molar-refractivity contribution is 4.91. The molecule has 1 atom stereocenters. The number of hydrogen-bond acceptors (Lipinski definition) is 3. The van der Waals surface area contributed by atoms with Gasteiger partial charge in [0.05, 0.1) is 0 Å². The molecule has 0 unspecified atom stereocenters. The fraction of sp³-hybridized carbons (Fsp3) is 0.556. The van der Waals surface area contributed by atoms with Crippen molar-refractivity contribution in [1.82, 2.24) is 15.3 Å². The predicted molar refractivity (Wildman–Crippen MR) is 46.7 cm³/mol. The number of aromatic nitrogens is 2. The van der Waals surface area contributed by atoms with E-state index in [0.29, 0.717) is 0 Å². The highest BCUT2D eigenvalue weighted by atomic mass is 14.9. The van der Waals surface area contributed by atoms with Gasteiger partial charge in [0.15, 0.2) is 0 Å². The van der Waals surface area contributed by atoms with Crippen LogP contribution in [0.15, 0.2) is 18.5 Å². The molecule has 1 aromatic rings. The first-order chi connectivity index (χ1) is 5.95. The fourth-order valence-corrected chi connectivity index (χ4v) is 1.58. The third-order valence-corrected chi connectivity index (χ3v) is 2.25. The second kappa shape index (κ2) is 3.63. The second-order valence-electron chi connectivity index (χ2n) is 3.23. The predicted octanol–water partition coefficient (Wildman–Crippen LogP) is 0.629. The third-order valence-electron chi connectivity index (χ3n) is 2.25. The van der Waals surface area contributed by atoms with Crippen LogP contribution >= 0.6 is 0 Å². The monoisotopic (exact) mass is 163 g/mol. The Morgan fingerprint density at radius 1 is 1.42 bits per heavy atom. The first-order valence-corrected chi connectivity index (χ1v) is 4.42. The summed E-state index contributed by atoms with van der Waals surface area (Å²) < 4.78 is 0. The van der Waals surface area contributed by atoms with E-state index in [-0.39, 0.29) is 0 Å². The van der Waals surface area contributed by atoms with Crippen molar-refractivity contribution < 1.29 is 0 Å². The van der Waals surface area contributed by atoms with Gasteiger partial charge in [-0.05, 0) is 31.5 Å². The minimum absolute atomic E-state index is 0.743. The number of rotatable bonds is 2. The van der Waals surface area contributed by atoms with Crippen molar-refractivity contribution in [3.63, 3.8) is 0 Å². The molecule has 0 aliphatic carbocycles. The standard InChI is InChI=1S/C9H13N3/c1-3-11-9(12-4-1)6-8-2-5-10-7-8/h1,3-4,8,10H,2,5-7H2/t8-/m1/s1. The van der Waals surface area contributed by atoms with Crippen LogP contribution in [0.2, 0.25) is 0 Å². The average Bonchev–Trinajstić information content (AvgIpc) is 2.59. The van der Waals surface area contributed by atoms with E-state index < -0.39 is 0 Å². The van der Waals surface area contributed by atoms with Gasteiger partial charge in [-0.25, -0.2) is 9.97 Å². The molecule has 0 aromatic carbocycles. The summed E-state index contributed by atoms with van der Waals surface area (Å²) in [5.74, 6) is 1.72. The molecule has 0 spiro atoms. The number of hydrogen-bond donors (Lipinski definition) is 1. The Morgan fingerprint density at radius 2 is 2.25 bits per heavy atom. The van der Waals surface area contributed by atoms with Gasteiger partial charge in [-0.2, -0.15) is 0 Å². The fourth-order valence-electron chi connectivity index (χ4n) is 1.58. The molecule has 1 fully saturated rings. The summed E-state index contributed by atoms with van der Waals surface area (Å²) in [6.07, 6.45) is 5.90. The quantitative estimate of drug-likeness (QED) is 0.695. The van der Waals surface area contributed by atoms with E-state index in [0.717, 1.165) is 31.3 Å². The van der Waals surface area contributed by atoms with Crippen molar-refractivity contribution in [2.45, 2.75) is 12.8 Å². The zero-order valence-electron chi connectivity index (χ0n) is 7.03. The molecule has 0 amide bonds. The molecule has 0 radical (unpaired) electrons. The van der Waals surface area contributed by atoms with Gasteiger partial charge in [0.25, 0.3) is 0 Å². The van der Waals surface area contributed by atoms with Gasteiger partial charge in [0, 0.05) is 18.8 Å². The smallest absolute Gasteiger partial charge is 0.128 e. The zero-order chi connectivity index (χ0) is 8.23. The molecule has 0 saturated carbocycles. The molecule has 1 N–H and O–H groups in total. The highest BCUT2D eigenvalue weighted by Gasteiger charge is 2.15. The van der Waals surface area contributed by atoms with Crippen LogP contribution in [-0.4, -0.2) is 23.1 Å². The van der Waals surface area contributed by atoms with E-state index in [9.17, 15) is 0 Å². The van der Waals surface area contributed by atoms with Gasteiger partial charge in [0.2, 0.25) is 0 Å². The lowest BCUT2D eigenvalue weighted by Gasteiger charge is -2.04. The Morgan fingerprint density at radius 3 is 2.92 bits per heavy atom. The SMILES string of the molecule is c1cnc(C[C@H]2CCNC2)nc1. The van der Waals surface area contributed by atoms with E-state index in [2.05, 4.69) is 15.3 Å². The van der Waals surface area contributed by atoms with Crippen molar-refractivity contribution >= 4 is 0 Å². The molecule has 2 heterocycles. The topological polar surface area (TPSA) is 37.8 Å². The van der Waals surface area contributed by atoms with Gasteiger partial charge in [-0.1, -0.05) is 0 Å². The van der Waals surface area contributed by atoms with E-state index in [1.165, 1.54) is 6.42 Å². The molecular weight excluding hydrogens is 150 g/mol. The molecule has 1 aliphatic rings. The van der Waals surface area contributed by atoms with Crippen molar-refractivity contribution in [1.29, 1.82) is 0 Å². The maximum absolute atomic E-state index is 4.20. The van der Waals surface area contributed by atoms with E-state index in [1.807, 2.05) is 18.5 Å². The molecule has 64 valence electrons. The van der Waals surface area contributed by atoms with Crippen LogP contribution in [-0.2, 0) is 6.42 Å². The summed E-state index contributed by atoms with van der Waals surface area (Å²) >= 11 is 0. The van der Waals surface area contributed by atoms with Crippen LogP contribution in [0.3, 0.4) is 0 Å². The largest absolute Gasteiger partial charge is 0.316 e. The van der Waals surface area contributed by atoms with Crippen LogP contribution in [0, 0.1) is 5.92 Å². The van der Waals surface area contributed by atoms with E-state index in [1.54, 1.807) is 0 Å². The maximum Gasteiger partial charge on any atom is 0.128 e. The van der Waals surface area contributed by atoms with Crippen molar-refractivity contribution in [3.8, 4) is 0 Å². The summed E-state index contributed by atoms with van der Waals surface area (Å²) in [4.78, 5) is 8.41. The van der Waals surface area contributed by atoms with Crippen LogP contribution < -0.4 is 5.32 Å². The highest BCUT2D eigenvalue weighted by Crippen LogP contribution is 2.11. The minimum atomic E-state index is 0.743. The molecular formula is C9H13N3. The molecule has 12 heavy (non-hydrogen) atoms. The summed E-state index contributed by atoms with van der Waals surface area (Å²) in [6.45, 7) is 2.27. The average molecular weight is 163 g/mol. The van der Waals surface area contributed by atoms with Crippen LogP contribution in [0.25, 0.3) is 0 Å². The van der Waals surface area contributed by atoms with Crippen molar-refractivity contribution in [2.75, 3.05) is 13.1 Å². The van der Waals surface area contributed by atoms with Gasteiger partial charge < -0.3 is 5.32 Å². The summed E-state index contributed by atoms with van der Waals surface area (Å²) in [5.41, 5.74) is 0. The molecule has 3 heteroatoms. The molecule has 3 nitrogen and oxygen atoms in total. The lowest BCUT2D eigenvalue weighted by atomic mass is 10.1. The summed E-state index contributed by atoms with van der Waals surface area (Å²) in [5, 5.41) is 3.34. The molecule has 1 aromatic heterocycles. The molecule has 2 rings (SSSR count). The zero-order valence-corrected chi connectivity index (χ0v) is 7.03. The normalized spacial score (nSPS) is 22.8. The maximum atomic E-state index is 4.20. The van der Waals surface area contributed by atoms with Gasteiger partial charge in [0.1, 0.15) is 5.82 Å². The second-order valence-corrected chi connectivity index (χ2v) is 3.23. The summed E-state index contributed by atoms with van der Waals surface area (Å²) in [6, 6.07) is 1.86. The van der Waals surface area contributed by atoms with Crippen LogP contribution in [0.5, 0.6) is 0 Å². The number of nitrogens with zero attached hydrogens (tertiary/aromatic N) is 2. The lowest BCUT2D eigenvalue weighted by molar-refractivity contribution is 0.561. The van der Waals surface area contributed by atoms with Gasteiger partial charge >= 0.3 is 0 Å². The van der Waals surface area contributed by atoms with Gasteiger partial charge in [-0.15, -0.1) is 0 Å². The summed E-state index contributed by atoms with van der Waals surface area (Å²) in [7, 11) is 0. The molecule has 0 bridgehead atoms. The first-order valence-electron chi connectivity index (χ1n) is 4.42. The van der Waals surface area contributed by atoms with Crippen molar-refractivity contribution in [2.24, 2.45) is 5.92 Å². The van der Waals surface area contributed by atoms with Crippen molar-refractivity contribution in [3.05, 3.63) is 24.3 Å². The Kier molecular flexibility index (Phi) is 2.32. The third kappa shape index (κ3) is 1.80. The Hall–Kier alpha value is -0.960.